The Kier molecular flexibility index (Phi) is 5.65. The van der Waals surface area contributed by atoms with E-state index < -0.39 is 27.5 Å². The molecule has 4 aromatic rings. The standard InChI is InChI=1S/C24H19NO7S/c1-31-24(28)25(20-10-9-18(33(2,29)30)14-19(20)23(26)27)22-13-17-12-16(8-11-21(17)32-22)15-6-4-3-5-7-15/h3-14H,1-2H3,(H,26,27). The van der Waals surface area contributed by atoms with Gasteiger partial charge in [-0.1, -0.05) is 36.4 Å². The zero-order chi connectivity index (χ0) is 23.8. The molecule has 0 saturated carbocycles. The van der Waals surface area contributed by atoms with E-state index in [0.29, 0.717) is 11.0 Å². The van der Waals surface area contributed by atoms with Crippen molar-refractivity contribution in [1.82, 2.24) is 0 Å². The van der Waals surface area contributed by atoms with Crippen molar-refractivity contribution in [2.24, 2.45) is 0 Å². The lowest BCUT2D eigenvalue weighted by atomic mass is 10.0. The van der Waals surface area contributed by atoms with Crippen LogP contribution in [0.25, 0.3) is 22.1 Å². The number of carbonyl (C=O) groups excluding carboxylic acids is 1. The number of sulfone groups is 1. The van der Waals surface area contributed by atoms with E-state index in [0.717, 1.165) is 35.5 Å². The minimum Gasteiger partial charge on any atom is -0.478 e. The molecule has 8 nitrogen and oxygen atoms in total. The van der Waals surface area contributed by atoms with Crippen molar-refractivity contribution in [3.05, 3.63) is 78.4 Å². The fourth-order valence-corrected chi connectivity index (χ4v) is 4.11. The van der Waals surface area contributed by atoms with Crippen LogP contribution in [-0.4, -0.2) is 39.0 Å². The second kappa shape index (κ2) is 8.44. The van der Waals surface area contributed by atoms with Gasteiger partial charge in [0.05, 0.1) is 23.3 Å². The molecule has 1 aromatic heterocycles. The maximum absolute atomic E-state index is 12.7. The number of hydrogen-bond acceptors (Lipinski definition) is 6. The van der Waals surface area contributed by atoms with Crippen LogP contribution in [0, 0.1) is 0 Å². The first-order chi connectivity index (χ1) is 15.7. The third-order valence-corrected chi connectivity index (χ3v) is 6.17. The molecular weight excluding hydrogens is 446 g/mol. The molecule has 1 amide bonds. The molecule has 0 bridgehead atoms. The summed E-state index contributed by atoms with van der Waals surface area (Å²) in [4.78, 5) is 25.4. The van der Waals surface area contributed by atoms with Gasteiger partial charge in [-0.2, -0.15) is 0 Å². The van der Waals surface area contributed by atoms with E-state index in [-0.39, 0.29) is 16.5 Å². The molecule has 0 aliphatic carbocycles. The number of furan rings is 1. The number of nitrogens with zero attached hydrogens (tertiary/aromatic N) is 1. The highest BCUT2D eigenvalue weighted by molar-refractivity contribution is 7.90. The van der Waals surface area contributed by atoms with Crippen molar-refractivity contribution in [2.45, 2.75) is 4.90 Å². The van der Waals surface area contributed by atoms with Gasteiger partial charge in [-0.3, -0.25) is 0 Å². The summed E-state index contributed by atoms with van der Waals surface area (Å²) < 4.78 is 34.5. The quantitative estimate of drug-likeness (QED) is 0.436. The predicted octanol–water partition coefficient (Wildman–Crippen LogP) is 5.11. The Morgan fingerprint density at radius 2 is 1.67 bits per heavy atom. The predicted molar refractivity (Wildman–Crippen MR) is 123 cm³/mol. The number of benzene rings is 3. The minimum atomic E-state index is -3.66. The summed E-state index contributed by atoms with van der Waals surface area (Å²) in [5, 5.41) is 10.4. The molecule has 0 aliphatic heterocycles. The SMILES string of the molecule is COC(=O)N(c1cc2cc(-c3ccccc3)ccc2o1)c1ccc(S(C)(=O)=O)cc1C(=O)O. The number of carbonyl (C=O) groups is 2. The molecule has 168 valence electrons. The largest absolute Gasteiger partial charge is 0.478 e. The fourth-order valence-electron chi connectivity index (χ4n) is 3.46. The number of amides is 1. The average molecular weight is 465 g/mol. The van der Waals surface area contributed by atoms with Crippen LogP contribution in [0.3, 0.4) is 0 Å². The summed E-state index contributed by atoms with van der Waals surface area (Å²) >= 11 is 0. The number of methoxy groups -OCH3 is 1. The van der Waals surface area contributed by atoms with Crippen LogP contribution in [0.4, 0.5) is 16.4 Å². The van der Waals surface area contributed by atoms with Crippen LogP contribution in [0.5, 0.6) is 0 Å². The van der Waals surface area contributed by atoms with Crippen molar-refractivity contribution in [1.29, 1.82) is 0 Å². The van der Waals surface area contributed by atoms with Crippen molar-refractivity contribution in [3.63, 3.8) is 0 Å². The molecule has 0 saturated heterocycles. The maximum atomic E-state index is 12.7. The van der Waals surface area contributed by atoms with Crippen LogP contribution in [0.1, 0.15) is 10.4 Å². The second-order valence-electron chi connectivity index (χ2n) is 7.26. The number of hydrogen-bond donors (Lipinski definition) is 1. The van der Waals surface area contributed by atoms with Crippen LogP contribution in [-0.2, 0) is 14.6 Å². The minimum absolute atomic E-state index is 0.0247. The highest BCUT2D eigenvalue weighted by Crippen LogP contribution is 2.36. The average Bonchev–Trinajstić information content (AvgIpc) is 3.21. The first-order valence-electron chi connectivity index (χ1n) is 9.73. The number of carboxylic acid groups (broad SMARTS) is 1. The van der Waals surface area contributed by atoms with E-state index in [4.69, 9.17) is 9.15 Å². The highest BCUT2D eigenvalue weighted by atomic mass is 32.2. The number of rotatable bonds is 5. The summed E-state index contributed by atoms with van der Waals surface area (Å²) in [5.41, 5.74) is 1.92. The molecule has 1 heterocycles. The van der Waals surface area contributed by atoms with Crippen molar-refractivity contribution < 1.29 is 32.3 Å². The summed E-state index contributed by atoms with van der Waals surface area (Å²) in [6.45, 7) is 0. The van der Waals surface area contributed by atoms with Gasteiger partial charge < -0.3 is 14.3 Å². The number of carboxylic acids is 1. The molecule has 0 aliphatic rings. The van der Waals surface area contributed by atoms with Gasteiger partial charge in [-0.05, 0) is 41.5 Å². The van der Waals surface area contributed by atoms with E-state index in [9.17, 15) is 23.1 Å². The molecule has 3 aromatic carbocycles. The number of fused-ring (bicyclic) bond motifs is 1. The Morgan fingerprint density at radius 1 is 0.939 bits per heavy atom. The molecule has 0 radical (unpaired) electrons. The van der Waals surface area contributed by atoms with E-state index in [1.54, 1.807) is 12.1 Å². The Balaban J connectivity index is 1.87. The van der Waals surface area contributed by atoms with E-state index in [1.165, 1.54) is 12.1 Å². The van der Waals surface area contributed by atoms with E-state index >= 15 is 0 Å². The zero-order valence-electron chi connectivity index (χ0n) is 17.7. The summed E-state index contributed by atoms with van der Waals surface area (Å²) in [6, 6.07) is 20.3. The smallest absolute Gasteiger partial charge is 0.421 e. The van der Waals surface area contributed by atoms with Gasteiger partial charge in [0.25, 0.3) is 0 Å². The summed E-state index contributed by atoms with van der Waals surface area (Å²) in [7, 11) is -2.52. The van der Waals surface area contributed by atoms with E-state index in [1.807, 2.05) is 42.5 Å². The second-order valence-corrected chi connectivity index (χ2v) is 9.28. The first-order valence-corrected chi connectivity index (χ1v) is 11.6. The summed E-state index contributed by atoms with van der Waals surface area (Å²) in [5.74, 6) is -1.39. The Hall–Kier alpha value is -4.11. The normalized spacial score (nSPS) is 11.3. The van der Waals surface area contributed by atoms with Crippen molar-refractivity contribution in [2.75, 3.05) is 18.3 Å². The third-order valence-electron chi connectivity index (χ3n) is 5.06. The molecular formula is C24H19NO7S. The topological polar surface area (TPSA) is 114 Å². The van der Waals surface area contributed by atoms with E-state index in [2.05, 4.69) is 0 Å². The Morgan fingerprint density at radius 3 is 2.30 bits per heavy atom. The lowest BCUT2D eigenvalue weighted by Crippen LogP contribution is -2.27. The molecule has 0 spiro atoms. The van der Waals surface area contributed by atoms with Crippen LogP contribution in [0.2, 0.25) is 0 Å². The van der Waals surface area contributed by atoms with Crippen LogP contribution >= 0.6 is 0 Å². The molecule has 9 heteroatoms. The number of ether oxygens (including phenoxy) is 1. The van der Waals surface area contributed by atoms with Gasteiger partial charge in [0.15, 0.2) is 9.84 Å². The molecule has 0 unspecified atom stereocenters. The molecule has 4 rings (SSSR count). The summed E-state index contributed by atoms with van der Waals surface area (Å²) in [6.07, 6.45) is 0.0712. The van der Waals surface area contributed by atoms with Gasteiger partial charge in [0.1, 0.15) is 5.58 Å². The number of aromatic carboxylic acids is 1. The van der Waals surface area contributed by atoms with Gasteiger partial charge in [-0.25, -0.2) is 22.9 Å². The van der Waals surface area contributed by atoms with Crippen LogP contribution in [0.15, 0.2) is 82.1 Å². The first kappa shape index (κ1) is 22.1. The maximum Gasteiger partial charge on any atom is 0.421 e. The van der Waals surface area contributed by atoms with Crippen molar-refractivity contribution in [3.8, 4) is 11.1 Å². The highest BCUT2D eigenvalue weighted by Gasteiger charge is 2.28. The lowest BCUT2D eigenvalue weighted by Gasteiger charge is -2.20. The molecule has 1 N–H and O–H groups in total. The monoisotopic (exact) mass is 465 g/mol. The fraction of sp³-hybridized carbons (Fsp3) is 0.0833. The third kappa shape index (κ3) is 4.31. The zero-order valence-corrected chi connectivity index (χ0v) is 18.5. The lowest BCUT2D eigenvalue weighted by molar-refractivity contribution is 0.0697. The van der Waals surface area contributed by atoms with Crippen molar-refractivity contribution >= 4 is 44.4 Å². The molecule has 0 fully saturated rings. The molecule has 0 atom stereocenters. The van der Waals surface area contributed by atoms with Gasteiger partial charge in [0.2, 0.25) is 5.88 Å². The molecule has 33 heavy (non-hydrogen) atoms. The van der Waals surface area contributed by atoms with Gasteiger partial charge in [-0.15, -0.1) is 0 Å². The van der Waals surface area contributed by atoms with Crippen LogP contribution < -0.4 is 4.90 Å². The Labute approximate surface area is 189 Å². The van der Waals surface area contributed by atoms with Gasteiger partial charge in [0, 0.05) is 17.7 Å². The number of anilines is 2. The Bertz CT molecular complexity index is 1470. The van der Waals surface area contributed by atoms with Gasteiger partial charge >= 0.3 is 12.1 Å².